The molecule has 9 nitrogen and oxygen atoms in total. The van der Waals surface area contributed by atoms with Crippen molar-refractivity contribution in [3.63, 3.8) is 0 Å². The van der Waals surface area contributed by atoms with Crippen molar-refractivity contribution in [2.24, 2.45) is 0 Å². The van der Waals surface area contributed by atoms with E-state index in [0.717, 1.165) is 18.4 Å². The number of allylic oxidation sites excluding steroid dienone is 1. The summed E-state index contributed by atoms with van der Waals surface area (Å²) >= 11 is 0. The van der Waals surface area contributed by atoms with E-state index in [1.807, 2.05) is 36.4 Å². The third-order valence-corrected chi connectivity index (χ3v) is 8.49. The summed E-state index contributed by atoms with van der Waals surface area (Å²) in [7, 11) is -2.35. The third kappa shape index (κ3) is 6.70. The van der Waals surface area contributed by atoms with Crippen molar-refractivity contribution in [1.29, 1.82) is 0 Å². The van der Waals surface area contributed by atoms with Crippen molar-refractivity contribution in [2.75, 3.05) is 46.5 Å². The molecule has 4 rings (SSSR count). The number of carbonyl (C=O) groups excluding carboxylic acids is 1. The molecule has 2 aromatic carbocycles. The summed E-state index contributed by atoms with van der Waals surface area (Å²) in [5, 5.41) is 9.50. The summed E-state index contributed by atoms with van der Waals surface area (Å²) in [6, 6.07) is 15.9. The maximum atomic E-state index is 13.2. The minimum Gasteiger partial charge on any atom is -0.497 e. The fourth-order valence-corrected chi connectivity index (χ4v) is 5.98. The molecule has 10 heteroatoms. The number of methoxy groups -OCH3 is 1. The predicted octanol–water partition coefficient (Wildman–Crippen LogP) is 2.73. The maximum Gasteiger partial charge on any atom is 0.288 e. The molecule has 2 heterocycles. The summed E-state index contributed by atoms with van der Waals surface area (Å²) < 4.78 is 44.5. The average molecular weight is 531 g/mol. The number of likely N-dealkylation sites (tertiary alicyclic amines) is 1. The minimum atomic E-state index is -3.86. The molecule has 2 aliphatic heterocycles. The van der Waals surface area contributed by atoms with Gasteiger partial charge in [0.05, 0.1) is 25.2 Å². The lowest BCUT2D eigenvalue weighted by atomic mass is 9.93. The molecule has 1 fully saturated rings. The number of aliphatic hydroxyl groups is 1. The van der Waals surface area contributed by atoms with Crippen molar-refractivity contribution < 1.29 is 32.5 Å². The molecule has 1 saturated heterocycles. The van der Waals surface area contributed by atoms with Crippen LogP contribution in [0.4, 0.5) is 0 Å². The number of amides is 1. The third-order valence-electron chi connectivity index (χ3n) is 6.58. The van der Waals surface area contributed by atoms with E-state index >= 15 is 0 Å². The quantitative estimate of drug-likeness (QED) is 0.476. The number of benzene rings is 2. The zero-order valence-electron chi connectivity index (χ0n) is 21.0. The first-order valence-corrected chi connectivity index (χ1v) is 14.0. The lowest BCUT2D eigenvalue weighted by Gasteiger charge is -2.31. The summed E-state index contributed by atoms with van der Waals surface area (Å²) in [4.78, 5) is 15.0. The molecule has 200 valence electrons. The van der Waals surface area contributed by atoms with E-state index in [9.17, 15) is 18.3 Å². The van der Waals surface area contributed by atoms with E-state index in [1.54, 1.807) is 17.0 Å². The van der Waals surface area contributed by atoms with Crippen LogP contribution in [0.1, 0.15) is 30.7 Å². The number of nitrogens with zero attached hydrogens (tertiary/aromatic N) is 2. The van der Waals surface area contributed by atoms with Gasteiger partial charge in [-0.2, -0.15) is 4.31 Å². The molecule has 2 aliphatic rings. The van der Waals surface area contributed by atoms with Gasteiger partial charge in [-0.1, -0.05) is 30.3 Å². The number of rotatable bonds is 11. The van der Waals surface area contributed by atoms with Crippen LogP contribution in [-0.2, 0) is 24.3 Å². The van der Waals surface area contributed by atoms with Crippen molar-refractivity contribution >= 4 is 15.9 Å². The summed E-state index contributed by atoms with van der Waals surface area (Å²) in [6.45, 7) is 1.06. The molecule has 1 amide bonds. The summed E-state index contributed by atoms with van der Waals surface area (Å²) in [5.41, 5.74) is 1.05. The van der Waals surface area contributed by atoms with Gasteiger partial charge in [0.1, 0.15) is 5.75 Å². The van der Waals surface area contributed by atoms with Gasteiger partial charge in [0.25, 0.3) is 5.91 Å². The Morgan fingerprint density at radius 1 is 1.08 bits per heavy atom. The lowest BCUT2D eigenvalue weighted by Crippen LogP contribution is -2.38. The van der Waals surface area contributed by atoms with Crippen LogP contribution >= 0.6 is 0 Å². The van der Waals surface area contributed by atoms with E-state index in [-0.39, 0.29) is 48.8 Å². The first kappa shape index (κ1) is 27.1. The van der Waals surface area contributed by atoms with Gasteiger partial charge in [0.15, 0.2) is 5.76 Å². The SMILES string of the molecule is COc1ccc(S(=O)(=O)N(CCO)CCO[C@H]2C[C@@H](c3ccccc3)C=C(C(=O)N3CCCC3)O2)cc1. The van der Waals surface area contributed by atoms with E-state index in [0.29, 0.717) is 25.3 Å². The fourth-order valence-electron chi connectivity index (χ4n) is 4.57. The summed E-state index contributed by atoms with van der Waals surface area (Å²) in [6.07, 6.45) is 3.60. The van der Waals surface area contributed by atoms with Gasteiger partial charge < -0.3 is 24.2 Å². The van der Waals surface area contributed by atoms with Crippen molar-refractivity contribution in [3.8, 4) is 5.75 Å². The van der Waals surface area contributed by atoms with Gasteiger partial charge >= 0.3 is 0 Å². The maximum absolute atomic E-state index is 13.2. The monoisotopic (exact) mass is 530 g/mol. The smallest absolute Gasteiger partial charge is 0.288 e. The first-order chi connectivity index (χ1) is 17.9. The molecule has 0 bridgehead atoms. The van der Waals surface area contributed by atoms with Crippen LogP contribution in [0, 0.1) is 0 Å². The summed E-state index contributed by atoms with van der Waals surface area (Å²) in [5.74, 6) is 0.601. The van der Waals surface area contributed by atoms with E-state index in [4.69, 9.17) is 14.2 Å². The van der Waals surface area contributed by atoms with E-state index in [2.05, 4.69) is 0 Å². The van der Waals surface area contributed by atoms with E-state index < -0.39 is 16.3 Å². The lowest BCUT2D eigenvalue weighted by molar-refractivity contribution is -0.152. The highest BCUT2D eigenvalue weighted by molar-refractivity contribution is 7.89. The molecule has 0 spiro atoms. The van der Waals surface area contributed by atoms with E-state index in [1.165, 1.54) is 23.5 Å². The molecule has 0 unspecified atom stereocenters. The van der Waals surface area contributed by atoms with Gasteiger partial charge in [0, 0.05) is 38.5 Å². The van der Waals surface area contributed by atoms with Gasteiger partial charge in [-0.25, -0.2) is 8.42 Å². The van der Waals surface area contributed by atoms with Crippen molar-refractivity contribution in [2.45, 2.75) is 36.4 Å². The van der Waals surface area contributed by atoms with Crippen LogP contribution in [0.5, 0.6) is 5.75 Å². The number of aliphatic hydroxyl groups excluding tert-OH is 1. The molecular weight excluding hydrogens is 496 g/mol. The molecule has 37 heavy (non-hydrogen) atoms. The molecule has 0 aliphatic carbocycles. The second-order valence-electron chi connectivity index (χ2n) is 9.00. The Morgan fingerprint density at radius 2 is 1.78 bits per heavy atom. The van der Waals surface area contributed by atoms with Gasteiger partial charge in [-0.05, 0) is 48.7 Å². The number of sulfonamides is 1. The van der Waals surface area contributed by atoms with Crippen molar-refractivity contribution in [1.82, 2.24) is 9.21 Å². The number of carbonyl (C=O) groups is 1. The van der Waals surface area contributed by atoms with Gasteiger partial charge in [-0.3, -0.25) is 4.79 Å². The zero-order valence-corrected chi connectivity index (χ0v) is 21.8. The minimum absolute atomic E-state index is 0.0178. The fraction of sp³-hybridized carbons (Fsp3) is 0.444. The molecule has 1 N–H and O–H groups in total. The van der Waals surface area contributed by atoms with Gasteiger partial charge in [-0.15, -0.1) is 0 Å². The molecule has 0 saturated carbocycles. The number of hydrogen-bond acceptors (Lipinski definition) is 7. The molecule has 0 radical (unpaired) electrons. The Kier molecular flexibility index (Phi) is 9.20. The second-order valence-corrected chi connectivity index (χ2v) is 10.9. The van der Waals surface area contributed by atoms with Crippen LogP contribution in [0.3, 0.4) is 0 Å². The number of hydrogen-bond donors (Lipinski definition) is 1. The predicted molar refractivity (Wildman–Crippen MR) is 137 cm³/mol. The highest BCUT2D eigenvalue weighted by atomic mass is 32.2. The first-order valence-electron chi connectivity index (χ1n) is 12.5. The van der Waals surface area contributed by atoms with Crippen LogP contribution in [0.15, 0.2) is 71.3 Å². The Labute approximate surface area is 218 Å². The zero-order chi connectivity index (χ0) is 26.3. The highest BCUT2D eigenvalue weighted by Gasteiger charge is 2.32. The van der Waals surface area contributed by atoms with Gasteiger partial charge in [0.2, 0.25) is 16.3 Å². The Balaban J connectivity index is 1.44. The molecule has 0 aromatic heterocycles. The standard InChI is InChI=1S/C27H34N2O7S/c1-34-23-9-11-24(12-10-23)37(32,33)29(15-17-30)16-18-35-26-20-22(21-7-3-2-4-8-21)19-25(36-26)27(31)28-13-5-6-14-28/h2-4,7-12,19,22,26,30H,5-6,13-18,20H2,1H3/t22-,26+/m0/s1. The molecular formula is C27H34N2O7S. The van der Waals surface area contributed by atoms with Crippen LogP contribution in [-0.4, -0.2) is 81.4 Å². The van der Waals surface area contributed by atoms with Crippen molar-refractivity contribution in [3.05, 3.63) is 72.0 Å². The molecule has 2 aromatic rings. The topological polar surface area (TPSA) is 106 Å². The average Bonchev–Trinajstić information content (AvgIpc) is 3.47. The Hall–Kier alpha value is -2.92. The Morgan fingerprint density at radius 3 is 2.43 bits per heavy atom. The van der Waals surface area contributed by atoms with Crippen LogP contribution in [0.25, 0.3) is 0 Å². The molecule has 2 atom stereocenters. The number of ether oxygens (including phenoxy) is 3. The van der Waals surface area contributed by atoms with Crippen LogP contribution < -0.4 is 4.74 Å². The Bertz CT molecular complexity index is 1160. The van der Waals surface area contributed by atoms with Crippen LogP contribution in [0.2, 0.25) is 0 Å². The largest absolute Gasteiger partial charge is 0.497 e. The highest BCUT2D eigenvalue weighted by Crippen LogP contribution is 2.32. The normalized spacial score (nSPS) is 20.0. The second kappa shape index (κ2) is 12.6.